The number of hydrogen-bond donors (Lipinski definition) is 1. The maximum absolute atomic E-state index is 5.83. The minimum atomic E-state index is 0.238. The minimum absolute atomic E-state index is 0.238. The molecule has 1 aromatic heterocycles. The van der Waals surface area contributed by atoms with Gasteiger partial charge in [0.05, 0.1) is 18.3 Å². The molecule has 4 nitrogen and oxygen atoms in total. The molecule has 0 spiro atoms. The third-order valence-electron chi connectivity index (χ3n) is 3.41. The molecule has 1 aromatic carbocycles. The van der Waals surface area contributed by atoms with Gasteiger partial charge in [-0.05, 0) is 45.4 Å². The van der Waals surface area contributed by atoms with Crippen molar-refractivity contribution in [1.82, 2.24) is 9.78 Å². The summed E-state index contributed by atoms with van der Waals surface area (Å²) < 4.78 is 7.80. The van der Waals surface area contributed by atoms with Crippen molar-refractivity contribution in [2.45, 2.75) is 52.8 Å². The number of hydrogen-bond acceptors (Lipinski definition) is 3. The molecule has 1 atom stereocenters. The molecule has 0 aliphatic carbocycles. The minimum Gasteiger partial charge on any atom is -0.491 e. The topological polar surface area (TPSA) is 39.1 Å². The summed E-state index contributed by atoms with van der Waals surface area (Å²) in [6.07, 6.45) is 3.26. The molecule has 1 unspecified atom stereocenters. The zero-order valence-corrected chi connectivity index (χ0v) is 13.3. The molecule has 0 amide bonds. The summed E-state index contributed by atoms with van der Waals surface area (Å²) in [7, 11) is 0. The van der Waals surface area contributed by atoms with Crippen molar-refractivity contribution in [3.05, 3.63) is 42.2 Å². The zero-order valence-electron chi connectivity index (χ0n) is 13.3. The second kappa shape index (κ2) is 7.16. The summed E-state index contributed by atoms with van der Waals surface area (Å²) in [5.74, 6) is 0.905. The normalized spacial score (nSPS) is 12.4. The lowest BCUT2D eigenvalue weighted by Gasteiger charge is -2.13. The molecule has 2 rings (SSSR count). The Labute approximate surface area is 127 Å². The van der Waals surface area contributed by atoms with E-state index in [-0.39, 0.29) is 6.10 Å². The molecule has 0 saturated heterocycles. The highest BCUT2D eigenvalue weighted by Crippen LogP contribution is 2.19. The van der Waals surface area contributed by atoms with Crippen molar-refractivity contribution in [2.75, 3.05) is 5.32 Å². The second-order valence-electron chi connectivity index (χ2n) is 5.60. The molecule has 0 fully saturated rings. The van der Waals surface area contributed by atoms with Crippen LogP contribution in [0.4, 0.5) is 5.69 Å². The van der Waals surface area contributed by atoms with Gasteiger partial charge in [0, 0.05) is 24.0 Å². The van der Waals surface area contributed by atoms with E-state index >= 15 is 0 Å². The predicted molar refractivity (Wildman–Crippen MR) is 86.8 cm³/mol. The Morgan fingerprint density at radius 3 is 2.71 bits per heavy atom. The van der Waals surface area contributed by atoms with Gasteiger partial charge >= 0.3 is 0 Å². The van der Waals surface area contributed by atoms with Gasteiger partial charge < -0.3 is 10.1 Å². The number of anilines is 1. The monoisotopic (exact) mass is 287 g/mol. The van der Waals surface area contributed by atoms with Crippen molar-refractivity contribution in [3.63, 3.8) is 0 Å². The van der Waals surface area contributed by atoms with E-state index in [9.17, 15) is 0 Å². The van der Waals surface area contributed by atoms with Crippen LogP contribution in [0.25, 0.3) is 0 Å². The number of nitrogens with one attached hydrogen (secondary N) is 1. The molecule has 1 heterocycles. The maximum atomic E-state index is 5.83. The molecule has 21 heavy (non-hydrogen) atoms. The fourth-order valence-electron chi connectivity index (χ4n) is 1.95. The Hall–Kier alpha value is -1.97. The van der Waals surface area contributed by atoms with Crippen molar-refractivity contribution < 1.29 is 4.74 Å². The van der Waals surface area contributed by atoms with Crippen molar-refractivity contribution >= 4 is 5.69 Å². The first-order chi connectivity index (χ1) is 10.1. The highest BCUT2D eigenvalue weighted by Gasteiger charge is 2.04. The summed E-state index contributed by atoms with van der Waals surface area (Å²) >= 11 is 0. The van der Waals surface area contributed by atoms with Gasteiger partial charge in [0.1, 0.15) is 5.75 Å². The van der Waals surface area contributed by atoms with Crippen LogP contribution in [0.2, 0.25) is 0 Å². The van der Waals surface area contributed by atoms with Gasteiger partial charge in [0.2, 0.25) is 0 Å². The molecule has 0 aliphatic heterocycles. The summed E-state index contributed by atoms with van der Waals surface area (Å²) in [6, 6.07) is 10.5. The van der Waals surface area contributed by atoms with Gasteiger partial charge in [0.25, 0.3) is 0 Å². The van der Waals surface area contributed by atoms with Crippen LogP contribution in [-0.2, 0) is 6.54 Å². The van der Waals surface area contributed by atoms with Gasteiger partial charge in [-0.25, -0.2) is 0 Å². The fraction of sp³-hybridized carbons (Fsp3) is 0.471. The Balaban J connectivity index is 1.94. The lowest BCUT2D eigenvalue weighted by atomic mass is 10.2. The molecule has 0 saturated carbocycles. The lowest BCUT2D eigenvalue weighted by molar-refractivity contribution is 0.217. The van der Waals surface area contributed by atoms with Gasteiger partial charge in [-0.3, -0.25) is 4.68 Å². The summed E-state index contributed by atoms with van der Waals surface area (Å²) in [5.41, 5.74) is 2.09. The molecule has 114 valence electrons. The first-order valence-corrected chi connectivity index (χ1v) is 7.63. The summed E-state index contributed by atoms with van der Waals surface area (Å²) in [5, 5.41) is 7.92. The largest absolute Gasteiger partial charge is 0.491 e. The van der Waals surface area contributed by atoms with Crippen LogP contribution in [0.5, 0.6) is 5.75 Å². The van der Waals surface area contributed by atoms with Crippen LogP contribution in [0.3, 0.4) is 0 Å². The third-order valence-corrected chi connectivity index (χ3v) is 3.41. The van der Waals surface area contributed by atoms with Crippen LogP contribution in [0.1, 0.15) is 45.9 Å². The molecule has 0 aliphatic rings. The average Bonchev–Trinajstić information content (AvgIpc) is 2.94. The van der Waals surface area contributed by atoms with Crippen LogP contribution in [0, 0.1) is 0 Å². The standard InChI is InChI=1S/C17H25N3O/c1-5-14(4)21-17-8-6-7-15(11-17)18-12-16-9-10-20(19-16)13(2)3/h6-11,13-14,18H,5,12H2,1-4H3. The van der Waals surface area contributed by atoms with Crippen LogP contribution in [-0.4, -0.2) is 15.9 Å². The van der Waals surface area contributed by atoms with E-state index in [0.717, 1.165) is 23.6 Å². The van der Waals surface area contributed by atoms with Crippen molar-refractivity contribution in [1.29, 1.82) is 0 Å². The van der Waals surface area contributed by atoms with E-state index in [0.29, 0.717) is 12.6 Å². The van der Waals surface area contributed by atoms with E-state index in [1.807, 2.05) is 41.2 Å². The third kappa shape index (κ3) is 4.52. The zero-order chi connectivity index (χ0) is 15.2. The van der Waals surface area contributed by atoms with E-state index < -0.39 is 0 Å². The summed E-state index contributed by atoms with van der Waals surface area (Å²) in [6.45, 7) is 9.17. The van der Waals surface area contributed by atoms with Gasteiger partial charge in [-0.2, -0.15) is 5.10 Å². The first kappa shape index (κ1) is 15.4. The van der Waals surface area contributed by atoms with Crippen molar-refractivity contribution in [3.8, 4) is 5.75 Å². The van der Waals surface area contributed by atoms with E-state index in [1.165, 1.54) is 0 Å². The number of rotatable bonds is 7. The molecular weight excluding hydrogens is 262 g/mol. The lowest BCUT2D eigenvalue weighted by Crippen LogP contribution is -2.10. The SMILES string of the molecule is CCC(C)Oc1cccc(NCc2ccn(C(C)C)n2)c1. The number of nitrogens with zero attached hydrogens (tertiary/aromatic N) is 2. The highest BCUT2D eigenvalue weighted by molar-refractivity contribution is 5.48. The van der Waals surface area contributed by atoms with Gasteiger partial charge in [-0.15, -0.1) is 0 Å². The Kier molecular flexibility index (Phi) is 5.26. The molecule has 2 aromatic rings. The quantitative estimate of drug-likeness (QED) is 0.827. The Morgan fingerprint density at radius 1 is 1.24 bits per heavy atom. The van der Waals surface area contributed by atoms with Gasteiger partial charge in [0.15, 0.2) is 0 Å². The summed E-state index contributed by atoms with van der Waals surface area (Å²) in [4.78, 5) is 0. The Bertz CT molecular complexity index is 563. The fourth-order valence-corrected chi connectivity index (χ4v) is 1.95. The molecule has 0 radical (unpaired) electrons. The smallest absolute Gasteiger partial charge is 0.121 e. The molecule has 0 bridgehead atoms. The van der Waals surface area contributed by atoms with Crippen LogP contribution in [0.15, 0.2) is 36.5 Å². The highest BCUT2D eigenvalue weighted by atomic mass is 16.5. The maximum Gasteiger partial charge on any atom is 0.121 e. The van der Waals surface area contributed by atoms with E-state index in [1.54, 1.807) is 0 Å². The first-order valence-electron chi connectivity index (χ1n) is 7.63. The van der Waals surface area contributed by atoms with Crippen molar-refractivity contribution in [2.24, 2.45) is 0 Å². The van der Waals surface area contributed by atoms with E-state index in [2.05, 4.69) is 38.1 Å². The molecule has 1 N–H and O–H groups in total. The Morgan fingerprint density at radius 2 is 2.05 bits per heavy atom. The predicted octanol–water partition coefficient (Wildman–Crippen LogP) is 4.25. The van der Waals surface area contributed by atoms with Crippen LogP contribution < -0.4 is 10.1 Å². The molecular formula is C17H25N3O. The second-order valence-corrected chi connectivity index (χ2v) is 5.60. The number of ether oxygens (including phenoxy) is 1. The molecule has 4 heteroatoms. The van der Waals surface area contributed by atoms with Gasteiger partial charge in [-0.1, -0.05) is 13.0 Å². The average molecular weight is 287 g/mol. The number of aromatic nitrogens is 2. The van der Waals surface area contributed by atoms with E-state index in [4.69, 9.17) is 4.74 Å². The number of benzene rings is 1. The van der Waals surface area contributed by atoms with Crippen LogP contribution >= 0.6 is 0 Å².